The van der Waals surface area contributed by atoms with E-state index in [4.69, 9.17) is 4.74 Å². The highest BCUT2D eigenvalue weighted by atomic mass is 127. The normalized spacial score (nSPS) is 29.8. The van der Waals surface area contributed by atoms with Crippen LogP contribution in [-0.2, 0) is 10.3 Å². The first kappa shape index (κ1) is 15.4. The standard InChI is InChI=1S/C18H21IN2O2/c1-2-23-16(22)13-3-4-15-14(11-13)20-12-21(15)18-8-5-17(19,6-9-18)7-10-18/h3-4,11-12H,2,5-10H2,1H3. The fraction of sp³-hybridized carbons (Fsp3) is 0.556. The molecule has 5 heteroatoms. The maximum absolute atomic E-state index is 11.9. The number of carbonyl (C=O) groups is 1. The molecule has 0 aliphatic heterocycles. The van der Waals surface area contributed by atoms with Crippen LogP contribution in [0.1, 0.15) is 55.8 Å². The smallest absolute Gasteiger partial charge is 0.338 e. The van der Waals surface area contributed by atoms with E-state index in [0.717, 1.165) is 11.0 Å². The van der Waals surface area contributed by atoms with Gasteiger partial charge in [-0.3, -0.25) is 0 Å². The maximum atomic E-state index is 11.9. The molecular weight excluding hydrogens is 403 g/mol. The minimum Gasteiger partial charge on any atom is -0.462 e. The molecule has 0 saturated heterocycles. The van der Waals surface area contributed by atoms with E-state index in [0.29, 0.717) is 15.6 Å². The number of hydrogen-bond donors (Lipinski definition) is 0. The van der Waals surface area contributed by atoms with Crippen molar-refractivity contribution in [3.63, 3.8) is 0 Å². The highest BCUT2D eigenvalue weighted by molar-refractivity contribution is 14.1. The Morgan fingerprint density at radius 3 is 2.61 bits per heavy atom. The largest absolute Gasteiger partial charge is 0.462 e. The number of fused-ring (bicyclic) bond motifs is 4. The molecule has 0 atom stereocenters. The van der Waals surface area contributed by atoms with Crippen LogP contribution in [0.3, 0.4) is 0 Å². The van der Waals surface area contributed by atoms with Crippen LogP contribution in [0.15, 0.2) is 24.5 Å². The van der Waals surface area contributed by atoms with Crippen LogP contribution < -0.4 is 0 Å². The summed E-state index contributed by atoms with van der Waals surface area (Å²) >= 11 is 2.68. The van der Waals surface area contributed by atoms with Gasteiger partial charge in [0, 0.05) is 8.96 Å². The molecule has 0 amide bonds. The van der Waals surface area contributed by atoms with Gasteiger partial charge in [-0.25, -0.2) is 9.78 Å². The van der Waals surface area contributed by atoms with Gasteiger partial charge in [0.2, 0.25) is 0 Å². The van der Waals surface area contributed by atoms with Crippen molar-refractivity contribution in [1.29, 1.82) is 0 Å². The Kier molecular flexibility index (Phi) is 3.66. The molecule has 2 bridgehead atoms. The van der Waals surface area contributed by atoms with Crippen molar-refractivity contribution in [2.45, 2.75) is 54.4 Å². The van der Waals surface area contributed by atoms with Crippen LogP contribution in [0.4, 0.5) is 0 Å². The number of hydrogen-bond acceptors (Lipinski definition) is 3. The van der Waals surface area contributed by atoms with Crippen LogP contribution in [-0.4, -0.2) is 25.5 Å². The Hall–Kier alpha value is -1.11. The van der Waals surface area contributed by atoms with E-state index in [1.165, 1.54) is 38.5 Å². The number of esters is 1. The van der Waals surface area contributed by atoms with Gasteiger partial charge in [-0.2, -0.15) is 0 Å². The molecule has 3 saturated carbocycles. The van der Waals surface area contributed by atoms with Gasteiger partial charge in [0.1, 0.15) is 0 Å². The van der Waals surface area contributed by atoms with Crippen LogP contribution in [0.2, 0.25) is 0 Å². The van der Waals surface area contributed by atoms with Gasteiger partial charge in [0.15, 0.2) is 0 Å². The molecule has 0 spiro atoms. The summed E-state index contributed by atoms with van der Waals surface area (Å²) in [6.07, 6.45) is 9.59. The van der Waals surface area contributed by atoms with Gasteiger partial charge < -0.3 is 9.30 Å². The summed E-state index contributed by atoms with van der Waals surface area (Å²) in [5, 5.41) is 0. The van der Waals surface area contributed by atoms with Crippen molar-refractivity contribution in [2.24, 2.45) is 0 Å². The van der Waals surface area contributed by atoms with Crippen molar-refractivity contribution in [3.8, 4) is 0 Å². The Morgan fingerprint density at radius 2 is 1.96 bits per heavy atom. The highest BCUT2D eigenvalue weighted by Crippen LogP contribution is 2.55. The fourth-order valence-electron chi connectivity index (χ4n) is 4.21. The second-order valence-electron chi connectivity index (χ2n) is 6.91. The first-order chi connectivity index (χ1) is 11.1. The molecule has 2 aromatic rings. The Balaban J connectivity index is 1.71. The van der Waals surface area contributed by atoms with E-state index < -0.39 is 0 Å². The molecule has 5 rings (SSSR count). The van der Waals surface area contributed by atoms with E-state index in [1.54, 1.807) is 0 Å². The number of aromatic nitrogens is 2. The number of benzene rings is 1. The van der Waals surface area contributed by atoms with Crippen molar-refractivity contribution >= 4 is 39.6 Å². The summed E-state index contributed by atoms with van der Waals surface area (Å²) in [7, 11) is 0. The van der Waals surface area contributed by atoms with E-state index >= 15 is 0 Å². The minimum absolute atomic E-state index is 0.229. The van der Waals surface area contributed by atoms with E-state index in [-0.39, 0.29) is 11.5 Å². The molecule has 3 aliphatic rings. The molecule has 0 unspecified atom stereocenters. The zero-order chi connectivity index (χ0) is 16.1. The molecule has 1 aromatic heterocycles. The van der Waals surface area contributed by atoms with E-state index in [1.807, 2.05) is 31.5 Å². The average Bonchev–Trinajstić information content (AvgIpc) is 3.00. The van der Waals surface area contributed by atoms with Gasteiger partial charge in [0.05, 0.1) is 29.5 Å². The van der Waals surface area contributed by atoms with E-state index in [2.05, 4.69) is 32.1 Å². The highest BCUT2D eigenvalue weighted by Gasteiger charge is 2.48. The topological polar surface area (TPSA) is 44.1 Å². The predicted molar refractivity (Wildman–Crippen MR) is 98.1 cm³/mol. The Bertz CT molecular complexity index is 743. The van der Waals surface area contributed by atoms with Crippen LogP contribution in [0.5, 0.6) is 0 Å². The summed E-state index contributed by atoms with van der Waals surface area (Å²) in [5.74, 6) is -0.271. The first-order valence-electron chi connectivity index (χ1n) is 8.39. The molecule has 1 aromatic carbocycles. The number of halogens is 1. The lowest BCUT2D eigenvalue weighted by molar-refractivity contribution is 0.0526. The van der Waals surface area contributed by atoms with Gasteiger partial charge in [-0.05, 0) is 63.6 Å². The number of ether oxygens (including phenoxy) is 1. The monoisotopic (exact) mass is 424 g/mol. The molecule has 3 aliphatic carbocycles. The molecule has 1 heterocycles. The molecule has 122 valence electrons. The van der Waals surface area contributed by atoms with Crippen molar-refractivity contribution in [3.05, 3.63) is 30.1 Å². The number of nitrogens with zero attached hydrogens (tertiary/aromatic N) is 2. The zero-order valence-electron chi connectivity index (χ0n) is 13.3. The molecule has 23 heavy (non-hydrogen) atoms. The Labute approximate surface area is 149 Å². The number of rotatable bonds is 3. The molecule has 3 fully saturated rings. The summed E-state index contributed by atoms with van der Waals surface area (Å²) in [6, 6.07) is 5.75. The summed E-state index contributed by atoms with van der Waals surface area (Å²) < 4.78 is 8.00. The quantitative estimate of drug-likeness (QED) is 0.416. The molecule has 0 N–H and O–H groups in total. The Morgan fingerprint density at radius 1 is 1.26 bits per heavy atom. The van der Waals surface area contributed by atoms with Crippen molar-refractivity contribution in [1.82, 2.24) is 9.55 Å². The van der Waals surface area contributed by atoms with Gasteiger partial charge in [0.25, 0.3) is 0 Å². The van der Waals surface area contributed by atoms with Crippen LogP contribution >= 0.6 is 22.6 Å². The van der Waals surface area contributed by atoms with Crippen LogP contribution in [0, 0.1) is 0 Å². The van der Waals surface area contributed by atoms with Crippen molar-refractivity contribution < 1.29 is 9.53 Å². The van der Waals surface area contributed by atoms with Gasteiger partial charge in [-0.1, -0.05) is 22.6 Å². The first-order valence-corrected chi connectivity index (χ1v) is 9.47. The number of carbonyl (C=O) groups excluding carboxylic acids is 1. The second kappa shape index (κ2) is 5.46. The van der Waals surface area contributed by atoms with Gasteiger partial charge >= 0.3 is 5.97 Å². The summed E-state index contributed by atoms with van der Waals surface area (Å²) in [5.41, 5.74) is 2.84. The predicted octanol–water partition coefficient (Wildman–Crippen LogP) is 4.45. The summed E-state index contributed by atoms with van der Waals surface area (Å²) in [6.45, 7) is 2.22. The lowest BCUT2D eigenvalue weighted by atomic mass is 9.65. The summed E-state index contributed by atoms with van der Waals surface area (Å²) in [4.78, 5) is 16.5. The van der Waals surface area contributed by atoms with Gasteiger partial charge in [-0.15, -0.1) is 0 Å². The van der Waals surface area contributed by atoms with Crippen LogP contribution in [0.25, 0.3) is 11.0 Å². The number of imidazole rings is 1. The third-order valence-corrected chi connectivity index (χ3v) is 7.30. The third kappa shape index (κ3) is 2.47. The maximum Gasteiger partial charge on any atom is 0.338 e. The SMILES string of the molecule is CCOC(=O)c1ccc2c(c1)ncn2C12CCC(I)(CC1)CC2. The second-order valence-corrected chi connectivity index (χ2v) is 9.20. The molecule has 4 nitrogen and oxygen atoms in total. The third-order valence-electron chi connectivity index (χ3n) is 5.68. The fourth-order valence-corrected chi connectivity index (χ4v) is 5.02. The lowest BCUT2D eigenvalue weighted by Crippen LogP contribution is -2.48. The number of alkyl halides is 1. The zero-order valence-corrected chi connectivity index (χ0v) is 15.5. The molecule has 0 radical (unpaired) electrons. The molecular formula is C18H21IN2O2. The van der Waals surface area contributed by atoms with E-state index in [9.17, 15) is 4.79 Å². The van der Waals surface area contributed by atoms with Crippen molar-refractivity contribution in [2.75, 3.05) is 6.61 Å². The average molecular weight is 424 g/mol. The minimum atomic E-state index is -0.271. The lowest BCUT2D eigenvalue weighted by Gasteiger charge is -2.51.